The molecule has 2 aromatic carbocycles. The Hall–Kier alpha value is -2.90. The second-order valence-electron chi connectivity index (χ2n) is 6.43. The molecule has 1 aliphatic heterocycles. The van der Waals surface area contributed by atoms with Crippen molar-refractivity contribution in [2.24, 2.45) is 0 Å². The predicted molar refractivity (Wildman–Crippen MR) is 108 cm³/mol. The van der Waals surface area contributed by atoms with Crippen LogP contribution in [-0.2, 0) is 9.59 Å². The van der Waals surface area contributed by atoms with Crippen LogP contribution in [0.4, 0.5) is 11.6 Å². The van der Waals surface area contributed by atoms with E-state index < -0.39 is 6.04 Å². The second kappa shape index (κ2) is 7.26. The maximum Gasteiger partial charge on any atom is 0.252 e. The van der Waals surface area contributed by atoms with Crippen molar-refractivity contribution in [3.05, 3.63) is 58.1 Å². The largest absolute Gasteiger partial charge is 0.326 e. The molecule has 0 spiro atoms. The summed E-state index contributed by atoms with van der Waals surface area (Å²) in [6, 6.07) is 11.5. The van der Waals surface area contributed by atoms with Crippen LogP contribution in [0.3, 0.4) is 0 Å². The van der Waals surface area contributed by atoms with Gasteiger partial charge in [0, 0.05) is 21.3 Å². The van der Waals surface area contributed by atoms with Gasteiger partial charge < -0.3 is 5.32 Å². The van der Waals surface area contributed by atoms with Crippen LogP contribution in [0.25, 0.3) is 11.4 Å². The highest BCUT2D eigenvalue weighted by atomic mass is 35.5. The van der Waals surface area contributed by atoms with Crippen molar-refractivity contribution in [1.82, 2.24) is 14.8 Å². The van der Waals surface area contributed by atoms with Crippen molar-refractivity contribution in [3.63, 3.8) is 0 Å². The van der Waals surface area contributed by atoms with Gasteiger partial charge in [0.15, 0.2) is 5.82 Å². The average Bonchev–Trinajstić information content (AvgIpc) is 3.18. The molecule has 0 radical (unpaired) electrons. The summed E-state index contributed by atoms with van der Waals surface area (Å²) in [5, 5.41) is 11.0. The van der Waals surface area contributed by atoms with Gasteiger partial charge in [-0.05, 0) is 48.9 Å². The third kappa shape index (κ3) is 3.58. The summed E-state index contributed by atoms with van der Waals surface area (Å²) >= 11 is 12.0. The first kappa shape index (κ1) is 18.5. The van der Waals surface area contributed by atoms with Gasteiger partial charge in [-0.3, -0.25) is 14.9 Å². The number of benzene rings is 2. The van der Waals surface area contributed by atoms with Crippen LogP contribution in [0.5, 0.6) is 0 Å². The second-order valence-corrected chi connectivity index (χ2v) is 7.28. The van der Waals surface area contributed by atoms with E-state index in [1.165, 1.54) is 4.68 Å². The lowest BCUT2D eigenvalue weighted by Crippen LogP contribution is -2.23. The number of carbonyl (C=O) groups is 2. The molecule has 7 nitrogen and oxygen atoms in total. The molecule has 1 aromatic heterocycles. The number of nitrogens with one attached hydrogen (secondary N) is 2. The molecule has 142 valence electrons. The van der Waals surface area contributed by atoms with Crippen molar-refractivity contribution < 1.29 is 9.59 Å². The number of hydrogen-bond acceptors (Lipinski definition) is 4. The minimum absolute atomic E-state index is 0.0756. The molecule has 0 saturated carbocycles. The number of carbonyl (C=O) groups excluding carboxylic acids is 2. The monoisotopic (exact) mass is 415 g/mol. The van der Waals surface area contributed by atoms with E-state index in [9.17, 15) is 9.59 Å². The van der Waals surface area contributed by atoms with Gasteiger partial charge in [-0.15, -0.1) is 5.10 Å². The number of rotatable bonds is 4. The standard InChI is InChI=1S/C19H15Cl2N5O2/c1-10-2-7-13(8-14(10)21)22-16(27)9-15-18(28)24-19-23-17(25-26(15)19)11-3-5-12(20)6-4-11/h2-8,15H,9H2,1H3,(H,22,27)(H,23,24,25,28)/t15-/m0/s1. The molecule has 0 aliphatic carbocycles. The third-order valence-electron chi connectivity index (χ3n) is 4.40. The highest BCUT2D eigenvalue weighted by Gasteiger charge is 2.35. The molecule has 2 amide bonds. The summed E-state index contributed by atoms with van der Waals surface area (Å²) in [5.41, 5.74) is 2.24. The molecule has 0 saturated heterocycles. The molecule has 2 N–H and O–H groups in total. The van der Waals surface area contributed by atoms with Crippen LogP contribution >= 0.6 is 23.2 Å². The summed E-state index contributed by atoms with van der Waals surface area (Å²) in [5.74, 6) is 0.111. The van der Waals surface area contributed by atoms with E-state index in [4.69, 9.17) is 23.2 Å². The Morgan fingerprint density at radius 3 is 2.68 bits per heavy atom. The summed E-state index contributed by atoms with van der Waals surface area (Å²) in [6.45, 7) is 1.88. The first-order chi connectivity index (χ1) is 13.4. The van der Waals surface area contributed by atoms with Crippen LogP contribution in [0, 0.1) is 6.92 Å². The number of halogens is 2. The third-order valence-corrected chi connectivity index (χ3v) is 5.06. The Kier molecular flexibility index (Phi) is 4.78. The Bertz CT molecular complexity index is 1080. The molecule has 0 unspecified atom stereocenters. The lowest BCUT2D eigenvalue weighted by molar-refractivity contribution is -0.123. The van der Waals surface area contributed by atoms with Gasteiger partial charge in [0.1, 0.15) is 6.04 Å². The van der Waals surface area contributed by atoms with Crippen LogP contribution in [0.2, 0.25) is 10.0 Å². The molecule has 3 aromatic rings. The zero-order valence-electron chi connectivity index (χ0n) is 14.7. The lowest BCUT2D eigenvalue weighted by Gasteiger charge is -2.10. The Balaban J connectivity index is 1.51. The Morgan fingerprint density at radius 2 is 1.96 bits per heavy atom. The van der Waals surface area contributed by atoms with Crippen molar-refractivity contribution >= 4 is 46.7 Å². The quantitative estimate of drug-likeness (QED) is 0.671. The number of fused-ring (bicyclic) bond motifs is 1. The highest BCUT2D eigenvalue weighted by molar-refractivity contribution is 6.31. The molecule has 1 atom stereocenters. The van der Waals surface area contributed by atoms with Crippen molar-refractivity contribution in [3.8, 4) is 11.4 Å². The number of anilines is 2. The SMILES string of the molecule is Cc1ccc(NC(=O)C[C@H]2C(=O)Nc3nc(-c4ccc(Cl)cc4)nn32)cc1Cl. The Labute approximate surface area is 170 Å². The van der Waals surface area contributed by atoms with E-state index in [-0.39, 0.29) is 18.2 Å². The fourth-order valence-electron chi connectivity index (χ4n) is 2.89. The minimum atomic E-state index is -0.774. The van der Waals surface area contributed by atoms with E-state index in [0.717, 1.165) is 11.1 Å². The van der Waals surface area contributed by atoms with Crippen molar-refractivity contribution in [1.29, 1.82) is 0 Å². The van der Waals surface area contributed by atoms with Crippen molar-refractivity contribution in [2.75, 3.05) is 10.6 Å². The first-order valence-corrected chi connectivity index (χ1v) is 9.25. The first-order valence-electron chi connectivity index (χ1n) is 8.50. The van der Waals surface area contributed by atoms with E-state index >= 15 is 0 Å². The summed E-state index contributed by atoms with van der Waals surface area (Å²) in [6.07, 6.45) is -0.0756. The normalized spacial score (nSPS) is 15.2. The molecule has 9 heteroatoms. The molecule has 28 heavy (non-hydrogen) atoms. The highest BCUT2D eigenvalue weighted by Crippen LogP contribution is 2.29. The smallest absolute Gasteiger partial charge is 0.252 e. The van der Waals surface area contributed by atoms with Gasteiger partial charge in [0.2, 0.25) is 11.9 Å². The Morgan fingerprint density at radius 1 is 1.21 bits per heavy atom. The molecule has 2 heterocycles. The molecule has 0 bridgehead atoms. The average molecular weight is 416 g/mol. The van der Waals surface area contributed by atoms with Crippen LogP contribution in [0.1, 0.15) is 18.0 Å². The van der Waals surface area contributed by atoms with Crippen LogP contribution in [0.15, 0.2) is 42.5 Å². The molecular weight excluding hydrogens is 401 g/mol. The molecule has 0 fully saturated rings. The van der Waals surface area contributed by atoms with E-state index in [2.05, 4.69) is 20.7 Å². The number of aromatic nitrogens is 3. The van der Waals surface area contributed by atoms with Gasteiger partial charge in [0.05, 0.1) is 6.42 Å². The van der Waals surface area contributed by atoms with E-state index in [1.54, 1.807) is 36.4 Å². The van der Waals surface area contributed by atoms with Crippen LogP contribution in [-0.4, -0.2) is 26.6 Å². The summed E-state index contributed by atoms with van der Waals surface area (Å²) < 4.78 is 1.44. The molecule has 1 aliphatic rings. The summed E-state index contributed by atoms with van der Waals surface area (Å²) in [7, 11) is 0. The minimum Gasteiger partial charge on any atom is -0.326 e. The number of nitrogens with zero attached hydrogens (tertiary/aromatic N) is 3. The van der Waals surface area contributed by atoms with Gasteiger partial charge >= 0.3 is 0 Å². The topological polar surface area (TPSA) is 88.9 Å². The van der Waals surface area contributed by atoms with E-state index in [1.807, 2.05) is 13.0 Å². The van der Waals surface area contributed by atoms with Gasteiger partial charge in [-0.25, -0.2) is 4.68 Å². The number of aryl methyl sites for hydroxylation is 1. The maximum atomic E-state index is 12.4. The van der Waals surface area contributed by atoms with Gasteiger partial charge in [-0.2, -0.15) is 4.98 Å². The van der Waals surface area contributed by atoms with Gasteiger partial charge in [0.25, 0.3) is 5.91 Å². The zero-order chi connectivity index (χ0) is 19.8. The lowest BCUT2D eigenvalue weighted by atomic mass is 10.2. The number of amides is 2. The fraction of sp³-hybridized carbons (Fsp3) is 0.158. The fourth-order valence-corrected chi connectivity index (χ4v) is 3.20. The molecular formula is C19H15Cl2N5O2. The maximum absolute atomic E-state index is 12.4. The van der Waals surface area contributed by atoms with E-state index in [0.29, 0.717) is 27.5 Å². The van der Waals surface area contributed by atoms with Crippen LogP contribution < -0.4 is 10.6 Å². The zero-order valence-corrected chi connectivity index (χ0v) is 16.3. The van der Waals surface area contributed by atoms with Crippen molar-refractivity contribution in [2.45, 2.75) is 19.4 Å². The van der Waals surface area contributed by atoms with Gasteiger partial charge in [-0.1, -0.05) is 29.3 Å². The number of hydrogen-bond donors (Lipinski definition) is 2. The molecule has 4 rings (SSSR count). The predicted octanol–water partition coefficient (Wildman–Crippen LogP) is 4.08. The summed E-state index contributed by atoms with van der Waals surface area (Å²) in [4.78, 5) is 29.0.